The van der Waals surface area contributed by atoms with E-state index >= 15 is 0 Å². The summed E-state index contributed by atoms with van der Waals surface area (Å²) in [6.45, 7) is 0. The van der Waals surface area contributed by atoms with Gasteiger partial charge in [0.05, 0.1) is 0 Å². The fraction of sp³-hybridized carbons (Fsp3) is 0. The average molecular weight is 494 g/mol. The van der Waals surface area contributed by atoms with Crippen LogP contribution in [0.5, 0.6) is 0 Å². The molecule has 14 heteroatoms. The Hall–Kier alpha value is 3.76. The first kappa shape index (κ1) is 35.0. The second-order valence-electron chi connectivity index (χ2n) is 1.95. The van der Waals surface area contributed by atoms with Gasteiger partial charge in [0, 0.05) is 0 Å². The van der Waals surface area contributed by atoms with Crippen LogP contribution in [0.4, 0.5) is 0 Å². The van der Waals surface area contributed by atoms with Crippen molar-refractivity contribution in [3.8, 4) is 29.8 Å². The first-order chi connectivity index (χ1) is 7.71. The van der Waals surface area contributed by atoms with E-state index in [0.717, 1.165) is 29.8 Å². The molecule has 0 saturated carbocycles. The third-order valence-corrected chi connectivity index (χ3v) is 4.89. The van der Waals surface area contributed by atoms with E-state index in [1.807, 2.05) is 0 Å². The summed E-state index contributed by atoms with van der Waals surface area (Å²) in [6.07, 6.45) is 0. The van der Waals surface area contributed by atoms with Crippen LogP contribution in [0.2, 0.25) is 0 Å². The number of halogens is 3. The van der Waals surface area contributed by atoms with Crippen LogP contribution < -0.4 is 0 Å². The van der Waals surface area contributed by atoms with Gasteiger partial charge in [-0.3, -0.25) is 0 Å². The van der Waals surface area contributed by atoms with Crippen molar-refractivity contribution in [1.29, 1.82) is 31.6 Å². The Morgan fingerprint density at radius 3 is 0.650 bits per heavy atom. The fourth-order valence-electron chi connectivity index (χ4n) is 0.265. The van der Waals surface area contributed by atoms with Gasteiger partial charge in [0.1, 0.15) is 0 Å². The number of hydrogen-bond donors (Lipinski definition) is 0. The Morgan fingerprint density at radius 1 is 0.550 bits per heavy atom. The second-order valence-corrected chi connectivity index (χ2v) is 13.0. The number of nitrogens with zero attached hydrogens (tertiary/aromatic N) is 6. The second kappa shape index (κ2) is 14.0. The van der Waals surface area contributed by atoms with Crippen LogP contribution in [0.3, 0.4) is 0 Å². The van der Waals surface area contributed by atoms with Crippen molar-refractivity contribution < 1.29 is 21.9 Å². The molecule has 0 heterocycles. The van der Waals surface area contributed by atoms with E-state index in [9.17, 15) is 0 Å². The molecule has 6 nitrogen and oxygen atoms in total. The van der Waals surface area contributed by atoms with Crippen LogP contribution in [-0.2, 0) is 21.9 Å². The van der Waals surface area contributed by atoms with Crippen LogP contribution in [0.1, 0.15) is 0 Å². The molecule has 0 bridgehead atoms. The first-order valence-electron chi connectivity index (χ1n) is 2.80. The predicted octanol–water partition coefficient (Wildman–Crippen LogP) is 0.219. The molecule has 0 unspecified atom stereocenters. The van der Waals surface area contributed by atoms with Crippen molar-refractivity contribution >= 4 is 184 Å². The van der Waals surface area contributed by atoms with Crippen molar-refractivity contribution in [3.05, 3.63) is 0 Å². The normalized spacial score (nSPS) is 10.9. The summed E-state index contributed by atoms with van der Waals surface area (Å²) in [4.78, 5) is 6.19. The summed E-state index contributed by atoms with van der Waals surface area (Å²) in [5.41, 5.74) is 0. The van der Waals surface area contributed by atoms with E-state index < -0.39 is 21.9 Å². The Bertz CT molecular complexity index is 452. The predicted molar refractivity (Wildman–Crippen MR) is 72.7 cm³/mol. The Morgan fingerprint density at radius 2 is 0.650 bits per heavy atom. The molecule has 20 heavy (non-hydrogen) atoms. The van der Waals surface area contributed by atoms with E-state index in [1.54, 1.807) is 0 Å². The van der Waals surface area contributed by atoms with Crippen molar-refractivity contribution in [3.63, 3.8) is 0 Å². The minimum atomic E-state index is -6.17. The summed E-state index contributed by atoms with van der Waals surface area (Å²) >= 11 is -1.33. The monoisotopic (exact) mass is 493 g/mol. The molecule has 0 aliphatic rings. The molecule has 0 saturated heterocycles. The summed E-state index contributed by atoms with van der Waals surface area (Å²) in [5, 5.41) is 51.5. The first-order valence-corrected chi connectivity index (χ1v) is 10.7. The molecule has 0 aromatic rings. The fourth-order valence-corrected chi connectivity index (χ4v) is 1.09. The van der Waals surface area contributed by atoms with Crippen LogP contribution >= 0.6 is 30.3 Å². The zero-order chi connectivity index (χ0) is 14.2. The van der Waals surface area contributed by atoms with Gasteiger partial charge in [0.15, 0.2) is 0 Å². The molecule has 0 aliphatic carbocycles. The molecule has 0 fully saturated rings. The maximum absolute atomic E-state index is 8.58. The summed E-state index contributed by atoms with van der Waals surface area (Å²) in [7, 11) is 8.50. The standard InChI is InChI=1S/6CN.3ClH.2Fe.3K.3H/c6*1-2;;;;;;;;;;;/h;;;;;;3*1H;;;;;;;;/q;;;;;;;;;;+3;;;;;;/p-3. The van der Waals surface area contributed by atoms with Gasteiger partial charge < -0.3 is 0 Å². The van der Waals surface area contributed by atoms with E-state index in [-0.39, 0.29) is 154 Å². The van der Waals surface area contributed by atoms with Crippen LogP contribution in [0, 0.1) is 61.4 Å². The molecule has 0 spiro atoms. The number of hydrogen-bond acceptors (Lipinski definition) is 6. The zero-order valence-corrected chi connectivity index (χ0v) is 12.0. The summed E-state index contributed by atoms with van der Waals surface area (Å²) < 4.78 is 0. The summed E-state index contributed by atoms with van der Waals surface area (Å²) in [5.74, 6) is 0. The molecular formula is C6H3Cl3Fe2K3N6. The van der Waals surface area contributed by atoms with Crippen molar-refractivity contribution in [2.24, 2.45) is 0 Å². The van der Waals surface area contributed by atoms with Gasteiger partial charge >= 0.3 is 268 Å². The Kier molecular flexibility index (Phi) is 24.4. The van der Waals surface area contributed by atoms with E-state index in [1.165, 1.54) is 0 Å². The molecule has 0 aliphatic heterocycles. The molecule has 0 radical (unpaired) electrons. The van der Waals surface area contributed by atoms with Gasteiger partial charge in [0.25, 0.3) is 0 Å². The van der Waals surface area contributed by atoms with Crippen molar-refractivity contribution in [2.75, 3.05) is 0 Å². The van der Waals surface area contributed by atoms with Gasteiger partial charge in [-0.1, -0.05) is 0 Å². The minimum absolute atomic E-state index is 0. The molecule has 0 rings (SSSR count). The molecule has 0 amide bonds. The summed E-state index contributed by atoms with van der Waals surface area (Å²) in [6, 6.07) is 0. The van der Waals surface area contributed by atoms with Crippen molar-refractivity contribution in [1.82, 2.24) is 0 Å². The van der Waals surface area contributed by atoms with Crippen molar-refractivity contribution in [2.45, 2.75) is 0 Å². The molecule has 0 aromatic heterocycles. The molecule has 0 N–H and O–H groups in total. The van der Waals surface area contributed by atoms with Gasteiger partial charge in [0.2, 0.25) is 0 Å². The van der Waals surface area contributed by atoms with Gasteiger partial charge in [-0.25, -0.2) is 0 Å². The van der Waals surface area contributed by atoms with Crippen LogP contribution in [-0.4, -0.2) is 154 Å². The average Bonchev–Trinajstić information content (AvgIpc) is 2.36. The molecule has 0 atom stereocenters. The molecular weight excluding hydrogens is 491 g/mol. The Labute approximate surface area is 260 Å². The topological polar surface area (TPSA) is 143 Å². The van der Waals surface area contributed by atoms with E-state index in [4.69, 9.17) is 61.9 Å². The molecule has 0 aromatic carbocycles. The number of rotatable bonds is 0. The third-order valence-electron chi connectivity index (χ3n) is 1.19. The van der Waals surface area contributed by atoms with Gasteiger partial charge in [-0.15, -0.1) is 0 Å². The maximum atomic E-state index is 8.58. The van der Waals surface area contributed by atoms with E-state index in [2.05, 4.69) is 0 Å². The van der Waals surface area contributed by atoms with Gasteiger partial charge in [-0.2, -0.15) is 0 Å². The van der Waals surface area contributed by atoms with E-state index in [0.29, 0.717) is 0 Å². The third kappa shape index (κ3) is 8.23. The van der Waals surface area contributed by atoms with Gasteiger partial charge in [-0.05, 0) is 0 Å². The quantitative estimate of drug-likeness (QED) is 0.441. The molecule has 97 valence electrons. The van der Waals surface area contributed by atoms with Crippen LogP contribution in [0.15, 0.2) is 0 Å². The zero-order valence-electron chi connectivity index (χ0n) is 7.52. The SMILES string of the molecule is N#[C][Fe]([C]#N)([C]#N)([C]#N)([C]#N)[C]#N.[Cl][Fe]([Cl])[Cl].[KH].[KH].[KH]. The van der Waals surface area contributed by atoms with Crippen LogP contribution in [0.25, 0.3) is 0 Å². The Balaban J connectivity index is -0.0000000951. The number of nitriles is 6.